The van der Waals surface area contributed by atoms with Crippen LogP contribution < -0.4 is 15.7 Å². The molecule has 7 heteroatoms. The van der Waals surface area contributed by atoms with E-state index in [-0.39, 0.29) is 33.4 Å². The highest BCUT2D eigenvalue weighted by molar-refractivity contribution is 6.31. The number of fused-ring (bicyclic) bond motifs is 1. The van der Waals surface area contributed by atoms with Gasteiger partial charge in [0.05, 0.1) is 18.2 Å². The molecule has 0 aliphatic carbocycles. The van der Waals surface area contributed by atoms with Crippen LogP contribution in [0, 0.1) is 5.41 Å². The maximum atomic E-state index is 13.3. The second kappa shape index (κ2) is 6.96. The fourth-order valence-corrected chi connectivity index (χ4v) is 3.17. The zero-order chi connectivity index (χ0) is 19.8. The second-order valence-electron chi connectivity index (χ2n) is 6.94. The second-order valence-corrected chi connectivity index (χ2v) is 7.37. The van der Waals surface area contributed by atoms with Gasteiger partial charge in [0.1, 0.15) is 0 Å². The molecule has 1 aromatic carbocycles. The predicted molar refractivity (Wildman–Crippen MR) is 102 cm³/mol. The Labute approximate surface area is 155 Å². The average molecular weight is 378 g/mol. The number of aromatic amines is 1. The van der Waals surface area contributed by atoms with E-state index in [0.29, 0.717) is 5.02 Å². The zero-order valence-electron chi connectivity index (χ0n) is 15.2. The number of nitrogens with one attached hydrogen (secondary N) is 1. The van der Waals surface area contributed by atoms with Gasteiger partial charge < -0.3 is 14.8 Å². The van der Waals surface area contributed by atoms with E-state index in [9.17, 15) is 19.5 Å². The van der Waals surface area contributed by atoms with Crippen LogP contribution in [0.15, 0.2) is 33.4 Å². The van der Waals surface area contributed by atoms with Gasteiger partial charge in [0.2, 0.25) is 0 Å². The molecule has 0 saturated heterocycles. The van der Waals surface area contributed by atoms with Gasteiger partial charge in [0.25, 0.3) is 5.56 Å². The van der Waals surface area contributed by atoms with E-state index in [1.807, 2.05) is 0 Å². The molecule has 2 N–H and O–H groups in total. The van der Waals surface area contributed by atoms with E-state index in [0.717, 1.165) is 0 Å². The van der Waals surface area contributed by atoms with Crippen LogP contribution in [0.25, 0.3) is 16.5 Å². The lowest BCUT2D eigenvalue weighted by Crippen LogP contribution is -2.21. The highest BCUT2D eigenvalue weighted by atomic mass is 35.5. The minimum Gasteiger partial charge on any atom is -0.491 e. The average Bonchev–Trinajstić information content (AvgIpc) is 2.61. The minimum absolute atomic E-state index is 0.0272. The van der Waals surface area contributed by atoms with Gasteiger partial charge in [-0.05, 0) is 36.1 Å². The third-order valence-electron chi connectivity index (χ3n) is 4.03. The molecule has 1 aromatic heterocycles. The summed E-state index contributed by atoms with van der Waals surface area (Å²) in [7, 11) is 1.27. The van der Waals surface area contributed by atoms with Crippen molar-refractivity contribution in [1.82, 2.24) is 4.98 Å². The van der Waals surface area contributed by atoms with Crippen molar-refractivity contribution in [3.05, 3.63) is 54.9 Å². The number of ether oxygens (including phenoxy) is 1. The Bertz CT molecular complexity index is 1040. The minimum atomic E-state index is -1.17. The van der Waals surface area contributed by atoms with E-state index in [2.05, 4.69) is 4.98 Å². The molecule has 0 aliphatic rings. The lowest BCUT2D eigenvalue weighted by Gasteiger charge is -2.25. The van der Waals surface area contributed by atoms with Crippen LogP contribution in [-0.2, 0) is 4.79 Å². The van der Waals surface area contributed by atoms with Gasteiger partial charge >= 0.3 is 5.97 Å². The molecule has 0 bridgehead atoms. The smallest absolute Gasteiger partial charge is 0.331 e. The van der Waals surface area contributed by atoms with E-state index < -0.39 is 22.4 Å². The summed E-state index contributed by atoms with van der Waals surface area (Å²) < 4.78 is 5.22. The first-order chi connectivity index (χ1) is 12.0. The van der Waals surface area contributed by atoms with Crippen molar-refractivity contribution in [2.45, 2.75) is 27.7 Å². The number of carboxylic acid groups (broad SMARTS) is 1. The summed E-state index contributed by atoms with van der Waals surface area (Å²) >= 11 is 5.96. The molecule has 0 aliphatic heterocycles. The summed E-state index contributed by atoms with van der Waals surface area (Å²) in [6.45, 7) is 6.72. The number of carbonyl (C=O) groups is 1. The van der Waals surface area contributed by atoms with Gasteiger partial charge in [0, 0.05) is 16.0 Å². The fraction of sp³-hybridized carbons (Fsp3) is 0.316. The number of H-pyrrole nitrogens is 1. The third kappa shape index (κ3) is 3.51. The van der Waals surface area contributed by atoms with Crippen molar-refractivity contribution in [3.8, 4) is 5.75 Å². The number of hydrogen-bond donors (Lipinski definition) is 2. The fourth-order valence-electron chi connectivity index (χ4n) is 3.00. The van der Waals surface area contributed by atoms with Crippen LogP contribution in [0.4, 0.5) is 0 Å². The van der Waals surface area contributed by atoms with Crippen molar-refractivity contribution in [1.29, 1.82) is 0 Å². The predicted octanol–water partition coefficient (Wildman–Crippen LogP) is 3.45. The topological polar surface area (TPSA) is 96.5 Å². The van der Waals surface area contributed by atoms with Crippen LogP contribution in [0.3, 0.4) is 0 Å². The maximum absolute atomic E-state index is 13.3. The van der Waals surface area contributed by atoms with Gasteiger partial charge in [0.15, 0.2) is 11.2 Å². The van der Waals surface area contributed by atoms with Crippen molar-refractivity contribution in [2.24, 2.45) is 5.41 Å². The Balaban J connectivity index is 3.22. The molecule has 1 heterocycles. The van der Waals surface area contributed by atoms with Crippen LogP contribution >= 0.6 is 11.6 Å². The molecular weight excluding hydrogens is 358 g/mol. The van der Waals surface area contributed by atoms with Gasteiger partial charge in [-0.1, -0.05) is 32.4 Å². The summed E-state index contributed by atoms with van der Waals surface area (Å²) in [6, 6.07) is 4.49. The van der Waals surface area contributed by atoms with Crippen LogP contribution in [0.5, 0.6) is 5.75 Å². The number of halogens is 1. The molecule has 2 rings (SSSR count). The van der Waals surface area contributed by atoms with Crippen LogP contribution in [-0.4, -0.2) is 23.2 Å². The van der Waals surface area contributed by atoms with Crippen LogP contribution in [0.2, 0.25) is 5.02 Å². The molecule has 0 atom stereocenters. The van der Waals surface area contributed by atoms with Crippen molar-refractivity contribution in [2.75, 3.05) is 7.11 Å². The Morgan fingerprint density at radius 2 is 1.85 bits per heavy atom. The Morgan fingerprint density at radius 3 is 2.35 bits per heavy atom. The van der Waals surface area contributed by atoms with Gasteiger partial charge in [-0.3, -0.25) is 9.59 Å². The summed E-state index contributed by atoms with van der Waals surface area (Å²) in [5.74, 6) is -1.40. The zero-order valence-corrected chi connectivity index (χ0v) is 15.9. The molecule has 26 heavy (non-hydrogen) atoms. The lowest BCUT2D eigenvalue weighted by molar-refractivity contribution is -0.132. The molecule has 0 amide bonds. The molecular formula is C19H20ClNO5. The highest BCUT2D eigenvalue weighted by Crippen LogP contribution is 2.38. The number of hydrogen-bond acceptors (Lipinski definition) is 4. The van der Waals surface area contributed by atoms with E-state index in [1.165, 1.54) is 32.2 Å². The number of allylic oxidation sites excluding steroid dienone is 1. The molecule has 2 aromatic rings. The number of rotatable bonds is 3. The Hall–Kier alpha value is -2.60. The van der Waals surface area contributed by atoms with Crippen LogP contribution in [0.1, 0.15) is 33.3 Å². The highest BCUT2D eigenvalue weighted by Gasteiger charge is 2.30. The summed E-state index contributed by atoms with van der Waals surface area (Å²) in [6.07, 6.45) is 0. The largest absolute Gasteiger partial charge is 0.491 e. The molecule has 0 spiro atoms. The number of aromatic nitrogens is 1. The Morgan fingerprint density at radius 1 is 1.23 bits per heavy atom. The first kappa shape index (κ1) is 19.7. The molecule has 138 valence electrons. The molecule has 0 saturated carbocycles. The summed E-state index contributed by atoms with van der Waals surface area (Å²) in [5, 5.41) is 10.1. The quantitative estimate of drug-likeness (QED) is 0.798. The van der Waals surface area contributed by atoms with Gasteiger partial charge in [-0.15, -0.1) is 0 Å². The van der Waals surface area contributed by atoms with E-state index in [1.54, 1.807) is 20.8 Å². The van der Waals surface area contributed by atoms with Crippen molar-refractivity contribution < 1.29 is 14.6 Å². The normalized spacial score (nSPS) is 12.7. The number of methoxy groups -OCH3 is 1. The van der Waals surface area contributed by atoms with E-state index >= 15 is 0 Å². The van der Waals surface area contributed by atoms with Crippen molar-refractivity contribution in [3.63, 3.8) is 0 Å². The van der Waals surface area contributed by atoms with E-state index in [4.69, 9.17) is 16.3 Å². The van der Waals surface area contributed by atoms with Crippen molar-refractivity contribution >= 4 is 34.0 Å². The monoisotopic (exact) mass is 377 g/mol. The maximum Gasteiger partial charge on any atom is 0.331 e. The number of carboxylic acids is 1. The molecule has 0 radical (unpaired) electrons. The van der Waals surface area contributed by atoms with Gasteiger partial charge in [-0.2, -0.15) is 0 Å². The molecule has 0 fully saturated rings. The standard InChI is InChI=1S/C19H20ClNO5/c1-9(18(24)25)14(19(2,3)4)13-15(22)11-7-6-10(20)8-12(11)21-17(23)16(13)26-5/h6-8H,1-5H3,(H,21,23)(H,24,25). The number of benzene rings is 1. The SMILES string of the molecule is COc1c(C(=C(C)C(=O)O)C(C)(C)C)c(=O)c2ccc(Cl)cc2[nH]c1=O. The number of aliphatic carboxylic acids is 1. The lowest BCUT2D eigenvalue weighted by atomic mass is 9.79. The molecule has 0 unspecified atom stereocenters. The summed E-state index contributed by atoms with van der Waals surface area (Å²) in [5.41, 5.74) is -1.47. The molecule has 6 nitrogen and oxygen atoms in total. The Kier molecular flexibility index (Phi) is 5.28. The first-order valence-electron chi connectivity index (χ1n) is 7.88. The van der Waals surface area contributed by atoms with Gasteiger partial charge in [-0.25, -0.2) is 4.79 Å². The first-order valence-corrected chi connectivity index (χ1v) is 8.25. The third-order valence-corrected chi connectivity index (χ3v) is 4.27. The summed E-state index contributed by atoms with van der Waals surface area (Å²) in [4.78, 5) is 40.2.